The van der Waals surface area contributed by atoms with Crippen molar-refractivity contribution in [3.63, 3.8) is 0 Å². The van der Waals surface area contributed by atoms with Crippen LogP contribution in [0.2, 0.25) is 0 Å². The van der Waals surface area contributed by atoms with E-state index in [1.807, 2.05) is 0 Å². The molecule has 0 atom stereocenters. The average molecular weight is 257 g/mol. The lowest BCUT2D eigenvalue weighted by atomic mass is 9.74. The molecular weight excluding hydrogens is 238 g/mol. The summed E-state index contributed by atoms with van der Waals surface area (Å²) in [5.41, 5.74) is 2.93. The number of rotatable bonds is 5. The van der Waals surface area contributed by atoms with E-state index in [9.17, 15) is 0 Å². The zero-order chi connectivity index (χ0) is 13.1. The summed E-state index contributed by atoms with van der Waals surface area (Å²) in [7, 11) is 0. The average Bonchev–Trinajstić information content (AvgIpc) is 2.87. The third kappa shape index (κ3) is 2.84. The Kier molecular flexibility index (Phi) is 3.60. The molecule has 0 amide bonds. The smallest absolute Gasteiger partial charge is 0.213 e. The molecule has 1 aliphatic carbocycles. The van der Waals surface area contributed by atoms with E-state index in [0.29, 0.717) is 6.04 Å². The van der Waals surface area contributed by atoms with E-state index in [1.165, 1.54) is 30.4 Å². The van der Waals surface area contributed by atoms with E-state index in [0.717, 1.165) is 24.7 Å². The fourth-order valence-corrected chi connectivity index (χ4v) is 2.77. The second-order valence-electron chi connectivity index (χ2n) is 5.27. The molecule has 1 fully saturated rings. The van der Waals surface area contributed by atoms with E-state index in [4.69, 9.17) is 4.52 Å². The van der Waals surface area contributed by atoms with Crippen LogP contribution in [0.25, 0.3) is 0 Å². The standard InChI is InChI=1S/C15H19N3O/c1-11-4-2-3-5-14(11)12-8-13(9-12)16-7-6-15-17-10-19-18-15/h2-5,10,12-13,16H,6-9H2,1H3. The molecule has 19 heavy (non-hydrogen) atoms. The summed E-state index contributed by atoms with van der Waals surface area (Å²) in [6.07, 6.45) is 4.68. The Bertz CT molecular complexity index is 518. The molecule has 1 aromatic heterocycles. The van der Waals surface area contributed by atoms with Crippen LogP contribution in [0.4, 0.5) is 0 Å². The largest absolute Gasteiger partial charge is 0.343 e. The molecule has 1 aromatic carbocycles. The van der Waals surface area contributed by atoms with Crippen LogP contribution in [0.3, 0.4) is 0 Å². The van der Waals surface area contributed by atoms with Crippen molar-refractivity contribution in [1.82, 2.24) is 15.5 Å². The summed E-state index contributed by atoms with van der Waals surface area (Å²) in [4.78, 5) is 4.01. The molecule has 4 heteroatoms. The normalized spacial score (nSPS) is 22.2. The van der Waals surface area contributed by atoms with Crippen LogP contribution in [0.15, 0.2) is 35.2 Å². The Hall–Kier alpha value is -1.68. The van der Waals surface area contributed by atoms with E-state index in [1.54, 1.807) is 0 Å². The topological polar surface area (TPSA) is 51.0 Å². The molecular formula is C15H19N3O. The van der Waals surface area contributed by atoms with Gasteiger partial charge in [0.05, 0.1) is 0 Å². The molecule has 1 saturated carbocycles. The van der Waals surface area contributed by atoms with Crippen LogP contribution < -0.4 is 5.32 Å². The Morgan fingerprint density at radius 2 is 2.16 bits per heavy atom. The predicted molar refractivity (Wildman–Crippen MR) is 72.9 cm³/mol. The van der Waals surface area contributed by atoms with Gasteiger partial charge in [-0.25, -0.2) is 0 Å². The first-order valence-corrected chi connectivity index (χ1v) is 6.87. The minimum absolute atomic E-state index is 0.636. The summed E-state index contributed by atoms with van der Waals surface area (Å²) in [5.74, 6) is 1.51. The number of nitrogens with zero attached hydrogens (tertiary/aromatic N) is 2. The number of aryl methyl sites for hydroxylation is 1. The van der Waals surface area contributed by atoms with Crippen LogP contribution in [-0.4, -0.2) is 22.7 Å². The van der Waals surface area contributed by atoms with Gasteiger partial charge in [0.15, 0.2) is 5.82 Å². The van der Waals surface area contributed by atoms with Crippen molar-refractivity contribution in [3.05, 3.63) is 47.6 Å². The Balaban J connectivity index is 1.42. The highest BCUT2D eigenvalue weighted by Crippen LogP contribution is 2.38. The number of hydrogen-bond donors (Lipinski definition) is 1. The zero-order valence-electron chi connectivity index (χ0n) is 11.2. The molecule has 4 nitrogen and oxygen atoms in total. The molecule has 0 unspecified atom stereocenters. The number of nitrogens with one attached hydrogen (secondary N) is 1. The maximum absolute atomic E-state index is 4.71. The second-order valence-corrected chi connectivity index (χ2v) is 5.27. The molecule has 1 aliphatic rings. The first-order chi connectivity index (χ1) is 9.33. The molecule has 100 valence electrons. The fourth-order valence-electron chi connectivity index (χ4n) is 2.77. The molecule has 0 saturated heterocycles. The third-order valence-corrected chi connectivity index (χ3v) is 3.95. The maximum atomic E-state index is 4.71. The van der Waals surface area contributed by atoms with Crippen LogP contribution in [0.5, 0.6) is 0 Å². The second kappa shape index (κ2) is 5.53. The maximum Gasteiger partial charge on any atom is 0.213 e. The molecule has 1 heterocycles. The molecule has 3 rings (SSSR count). The minimum atomic E-state index is 0.636. The molecule has 0 spiro atoms. The molecule has 2 aromatic rings. The van der Waals surface area contributed by atoms with Gasteiger partial charge in [-0.05, 0) is 36.8 Å². The third-order valence-electron chi connectivity index (χ3n) is 3.95. The van der Waals surface area contributed by atoms with Crippen molar-refractivity contribution < 1.29 is 4.52 Å². The quantitative estimate of drug-likeness (QED) is 0.894. The lowest BCUT2D eigenvalue weighted by Gasteiger charge is -2.37. The fraction of sp³-hybridized carbons (Fsp3) is 0.467. The van der Waals surface area contributed by atoms with Gasteiger partial charge in [0, 0.05) is 19.0 Å². The van der Waals surface area contributed by atoms with Crippen LogP contribution in [0, 0.1) is 6.92 Å². The summed E-state index contributed by atoms with van der Waals surface area (Å²) in [6, 6.07) is 9.34. The van der Waals surface area contributed by atoms with E-state index >= 15 is 0 Å². The molecule has 0 bridgehead atoms. The van der Waals surface area contributed by atoms with Gasteiger partial charge in [-0.15, -0.1) is 0 Å². The highest BCUT2D eigenvalue weighted by atomic mass is 16.5. The van der Waals surface area contributed by atoms with Crippen LogP contribution >= 0.6 is 0 Å². The molecule has 0 radical (unpaired) electrons. The summed E-state index contributed by atoms with van der Waals surface area (Å²) in [5, 5.41) is 7.36. The Labute approximate surface area is 113 Å². The van der Waals surface area contributed by atoms with Gasteiger partial charge < -0.3 is 9.84 Å². The van der Waals surface area contributed by atoms with Crippen molar-refractivity contribution in [2.75, 3.05) is 6.54 Å². The van der Waals surface area contributed by atoms with Crippen molar-refractivity contribution >= 4 is 0 Å². The molecule has 0 aliphatic heterocycles. The first kappa shape index (κ1) is 12.4. The molecule has 1 N–H and O–H groups in total. The van der Waals surface area contributed by atoms with Crippen LogP contribution in [-0.2, 0) is 6.42 Å². The van der Waals surface area contributed by atoms with Gasteiger partial charge in [-0.2, -0.15) is 4.98 Å². The summed E-state index contributed by atoms with van der Waals surface area (Å²) < 4.78 is 4.71. The lowest BCUT2D eigenvalue weighted by molar-refractivity contribution is 0.291. The van der Waals surface area contributed by atoms with Gasteiger partial charge in [0.25, 0.3) is 0 Å². The van der Waals surface area contributed by atoms with E-state index in [-0.39, 0.29) is 0 Å². The Morgan fingerprint density at radius 3 is 2.89 bits per heavy atom. The van der Waals surface area contributed by atoms with Gasteiger partial charge >= 0.3 is 0 Å². The van der Waals surface area contributed by atoms with Gasteiger partial charge in [-0.3, -0.25) is 0 Å². The lowest BCUT2D eigenvalue weighted by Crippen LogP contribution is -2.41. The van der Waals surface area contributed by atoms with Gasteiger partial charge in [0.1, 0.15) is 0 Å². The van der Waals surface area contributed by atoms with Crippen molar-refractivity contribution in [2.24, 2.45) is 0 Å². The number of hydrogen-bond acceptors (Lipinski definition) is 4. The predicted octanol–water partition coefficient (Wildman–Crippen LogP) is 2.46. The van der Waals surface area contributed by atoms with Crippen molar-refractivity contribution in [3.8, 4) is 0 Å². The number of aromatic nitrogens is 2. The van der Waals surface area contributed by atoms with E-state index < -0.39 is 0 Å². The van der Waals surface area contributed by atoms with Crippen LogP contribution in [0.1, 0.15) is 35.7 Å². The SMILES string of the molecule is Cc1ccccc1C1CC(NCCc2ncon2)C1. The van der Waals surface area contributed by atoms with Gasteiger partial charge in [-0.1, -0.05) is 29.4 Å². The number of benzene rings is 1. The highest BCUT2D eigenvalue weighted by molar-refractivity contribution is 5.31. The monoisotopic (exact) mass is 257 g/mol. The minimum Gasteiger partial charge on any atom is -0.343 e. The van der Waals surface area contributed by atoms with Gasteiger partial charge in [0.2, 0.25) is 6.39 Å². The first-order valence-electron chi connectivity index (χ1n) is 6.87. The summed E-state index contributed by atoms with van der Waals surface area (Å²) in [6.45, 7) is 3.12. The zero-order valence-corrected chi connectivity index (χ0v) is 11.2. The Morgan fingerprint density at radius 1 is 1.32 bits per heavy atom. The van der Waals surface area contributed by atoms with Crippen molar-refractivity contribution in [1.29, 1.82) is 0 Å². The van der Waals surface area contributed by atoms with Crippen molar-refractivity contribution in [2.45, 2.75) is 38.1 Å². The highest BCUT2D eigenvalue weighted by Gasteiger charge is 2.30. The van der Waals surface area contributed by atoms with E-state index in [2.05, 4.69) is 46.6 Å². The summed E-state index contributed by atoms with van der Waals surface area (Å²) >= 11 is 0.